The molecule has 0 saturated carbocycles. The third-order valence-corrected chi connectivity index (χ3v) is 4.71. The standard InChI is InChI=1S/C20H19NO5S/c1-13-5-3-4-6-17(13)25-9-10-26-18-11-14(24-2)7-8-15(18)19-21-16(12-27-19)20(22)23/h3-8,11-12H,9-10H2,1-2H3,(H,22,23). The summed E-state index contributed by atoms with van der Waals surface area (Å²) in [5.41, 5.74) is 1.78. The van der Waals surface area contributed by atoms with Crippen molar-refractivity contribution in [3.8, 4) is 27.8 Å². The Morgan fingerprint density at radius 3 is 2.52 bits per heavy atom. The first-order chi connectivity index (χ1) is 13.1. The molecule has 0 unspecified atom stereocenters. The number of hydrogen-bond donors (Lipinski definition) is 1. The number of aromatic nitrogens is 1. The van der Waals surface area contributed by atoms with E-state index in [2.05, 4.69) is 4.98 Å². The molecule has 2 aromatic carbocycles. The lowest BCUT2D eigenvalue weighted by molar-refractivity contribution is 0.0691. The highest BCUT2D eigenvalue weighted by Crippen LogP contribution is 2.35. The number of carboxylic acid groups (broad SMARTS) is 1. The maximum absolute atomic E-state index is 11.1. The summed E-state index contributed by atoms with van der Waals surface area (Å²) >= 11 is 1.25. The lowest BCUT2D eigenvalue weighted by Gasteiger charge is -2.13. The molecule has 1 N–H and O–H groups in total. The Balaban J connectivity index is 1.73. The molecule has 6 nitrogen and oxygen atoms in total. The number of methoxy groups -OCH3 is 1. The number of carboxylic acids is 1. The lowest BCUT2D eigenvalue weighted by atomic mass is 10.2. The van der Waals surface area contributed by atoms with Gasteiger partial charge in [0.1, 0.15) is 35.5 Å². The Kier molecular flexibility index (Phi) is 5.93. The summed E-state index contributed by atoms with van der Waals surface area (Å²) in [6.07, 6.45) is 0. The van der Waals surface area contributed by atoms with Crippen LogP contribution < -0.4 is 14.2 Å². The highest BCUT2D eigenvalue weighted by atomic mass is 32.1. The first kappa shape index (κ1) is 18.7. The minimum Gasteiger partial charge on any atom is -0.497 e. The van der Waals surface area contributed by atoms with Crippen LogP contribution in [-0.2, 0) is 0 Å². The summed E-state index contributed by atoms with van der Waals surface area (Å²) in [6.45, 7) is 2.68. The molecule has 0 bridgehead atoms. The van der Waals surface area contributed by atoms with E-state index in [4.69, 9.17) is 19.3 Å². The number of hydrogen-bond acceptors (Lipinski definition) is 6. The largest absolute Gasteiger partial charge is 0.497 e. The van der Waals surface area contributed by atoms with Crippen LogP contribution >= 0.6 is 11.3 Å². The Bertz CT molecular complexity index is 938. The fourth-order valence-corrected chi connectivity index (χ4v) is 3.27. The Hall–Kier alpha value is -3.06. The van der Waals surface area contributed by atoms with Crippen molar-refractivity contribution in [2.45, 2.75) is 6.92 Å². The highest BCUT2D eigenvalue weighted by Gasteiger charge is 2.15. The van der Waals surface area contributed by atoms with Gasteiger partial charge < -0.3 is 19.3 Å². The zero-order chi connectivity index (χ0) is 19.2. The molecule has 0 aliphatic carbocycles. The summed E-state index contributed by atoms with van der Waals surface area (Å²) in [6, 6.07) is 13.1. The van der Waals surface area contributed by atoms with Crippen LogP contribution in [0.3, 0.4) is 0 Å². The number of ether oxygens (including phenoxy) is 3. The van der Waals surface area contributed by atoms with E-state index in [0.717, 1.165) is 11.3 Å². The molecule has 0 amide bonds. The number of benzene rings is 2. The van der Waals surface area contributed by atoms with Gasteiger partial charge in [-0.25, -0.2) is 9.78 Å². The van der Waals surface area contributed by atoms with Gasteiger partial charge in [-0.1, -0.05) is 18.2 Å². The van der Waals surface area contributed by atoms with E-state index in [0.29, 0.717) is 35.3 Å². The number of carbonyl (C=O) groups is 1. The number of nitrogens with zero attached hydrogens (tertiary/aromatic N) is 1. The van der Waals surface area contributed by atoms with Gasteiger partial charge in [0.25, 0.3) is 0 Å². The van der Waals surface area contributed by atoms with Gasteiger partial charge in [0.05, 0.1) is 12.7 Å². The molecule has 0 radical (unpaired) electrons. The van der Waals surface area contributed by atoms with Crippen LogP contribution in [0.2, 0.25) is 0 Å². The number of aryl methyl sites for hydroxylation is 1. The second-order valence-corrected chi connectivity index (χ2v) is 6.53. The van der Waals surface area contributed by atoms with Crippen molar-refractivity contribution >= 4 is 17.3 Å². The maximum atomic E-state index is 11.1. The number of aromatic carboxylic acids is 1. The molecule has 27 heavy (non-hydrogen) atoms. The van der Waals surface area contributed by atoms with Crippen LogP contribution in [0, 0.1) is 6.92 Å². The van der Waals surface area contributed by atoms with Crippen LogP contribution in [0.5, 0.6) is 17.2 Å². The van der Waals surface area contributed by atoms with Crippen LogP contribution in [0.15, 0.2) is 47.8 Å². The van der Waals surface area contributed by atoms with Crippen molar-refractivity contribution in [1.29, 1.82) is 0 Å². The predicted molar refractivity (Wildman–Crippen MR) is 103 cm³/mol. The molecular weight excluding hydrogens is 366 g/mol. The Morgan fingerprint density at radius 1 is 1.11 bits per heavy atom. The van der Waals surface area contributed by atoms with Gasteiger partial charge in [-0.2, -0.15) is 0 Å². The molecule has 0 atom stereocenters. The zero-order valence-electron chi connectivity index (χ0n) is 15.0. The average molecular weight is 385 g/mol. The summed E-state index contributed by atoms with van der Waals surface area (Å²) in [4.78, 5) is 15.2. The number of thiazole rings is 1. The fourth-order valence-electron chi connectivity index (χ4n) is 2.44. The van der Waals surface area contributed by atoms with Crippen molar-refractivity contribution in [2.24, 2.45) is 0 Å². The van der Waals surface area contributed by atoms with Crippen molar-refractivity contribution in [2.75, 3.05) is 20.3 Å². The molecule has 0 saturated heterocycles. The molecule has 0 aliphatic heterocycles. The van der Waals surface area contributed by atoms with Crippen LogP contribution in [0.1, 0.15) is 16.1 Å². The molecule has 1 heterocycles. The van der Waals surface area contributed by atoms with Gasteiger partial charge in [0.2, 0.25) is 0 Å². The fraction of sp³-hybridized carbons (Fsp3) is 0.200. The third kappa shape index (κ3) is 4.57. The van der Waals surface area contributed by atoms with Crippen molar-refractivity contribution < 1.29 is 24.1 Å². The third-order valence-electron chi connectivity index (χ3n) is 3.83. The predicted octanol–water partition coefficient (Wildman–Crippen LogP) is 4.28. The van der Waals surface area contributed by atoms with Gasteiger partial charge in [0, 0.05) is 11.4 Å². The monoisotopic (exact) mass is 385 g/mol. The van der Waals surface area contributed by atoms with Crippen LogP contribution in [-0.4, -0.2) is 36.4 Å². The average Bonchev–Trinajstić information content (AvgIpc) is 3.16. The minimum absolute atomic E-state index is 0.0136. The molecule has 1 aromatic heterocycles. The molecule has 0 fully saturated rings. The SMILES string of the molecule is COc1ccc(-c2nc(C(=O)O)cs2)c(OCCOc2ccccc2C)c1. The van der Waals surface area contributed by atoms with Crippen molar-refractivity contribution in [3.05, 3.63) is 59.1 Å². The smallest absolute Gasteiger partial charge is 0.355 e. The van der Waals surface area contributed by atoms with E-state index in [1.54, 1.807) is 25.3 Å². The van der Waals surface area contributed by atoms with Gasteiger partial charge in [-0.05, 0) is 30.7 Å². The van der Waals surface area contributed by atoms with Crippen molar-refractivity contribution in [1.82, 2.24) is 4.98 Å². The van der Waals surface area contributed by atoms with E-state index < -0.39 is 5.97 Å². The second kappa shape index (κ2) is 8.55. The van der Waals surface area contributed by atoms with E-state index in [1.807, 2.05) is 31.2 Å². The molecule has 140 valence electrons. The molecule has 3 rings (SSSR count). The van der Waals surface area contributed by atoms with E-state index in [9.17, 15) is 4.79 Å². The van der Waals surface area contributed by atoms with Crippen molar-refractivity contribution in [3.63, 3.8) is 0 Å². The first-order valence-corrected chi connectivity index (χ1v) is 9.15. The quantitative estimate of drug-likeness (QED) is 0.583. The topological polar surface area (TPSA) is 77.9 Å². The van der Waals surface area contributed by atoms with Gasteiger partial charge >= 0.3 is 5.97 Å². The Morgan fingerprint density at radius 2 is 1.85 bits per heavy atom. The molecule has 0 spiro atoms. The number of para-hydroxylation sites is 1. The zero-order valence-corrected chi connectivity index (χ0v) is 15.8. The maximum Gasteiger partial charge on any atom is 0.355 e. The summed E-state index contributed by atoms with van der Waals surface area (Å²) in [7, 11) is 1.58. The van der Waals surface area contributed by atoms with E-state index >= 15 is 0 Å². The summed E-state index contributed by atoms with van der Waals surface area (Å²) < 4.78 is 16.9. The van der Waals surface area contributed by atoms with Crippen LogP contribution in [0.4, 0.5) is 0 Å². The van der Waals surface area contributed by atoms with E-state index in [1.165, 1.54) is 16.7 Å². The second-order valence-electron chi connectivity index (χ2n) is 5.67. The van der Waals surface area contributed by atoms with Gasteiger partial charge in [-0.15, -0.1) is 11.3 Å². The summed E-state index contributed by atoms with van der Waals surface area (Å²) in [5.74, 6) is 0.968. The molecule has 3 aromatic rings. The Labute approximate surface area is 161 Å². The van der Waals surface area contributed by atoms with Crippen LogP contribution in [0.25, 0.3) is 10.6 Å². The normalized spacial score (nSPS) is 10.4. The molecule has 0 aliphatic rings. The van der Waals surface area contributed by atoms with Gasteiger partial charge in [0.15, 0.2) is 5.69 Å². The first-order valence-electron chi connectivity index (χ1n) is 8.27. The summed E-state index contributed by atoms with van der Waals surface area (Å²) in [5, 5.41) is 11.2. The lowest BCUT2D eigenvalue weighted by Crippen LogP contribution is -2.10. The minimum atomic E-state index is -1.06. The molecule has 7 heteroatoms. The highest BCUT2D eigenvalue weighted by molar-refractivity contribution is 7.13. The van der Waals surface area contributed by atoms with Gasteiger partial charge in [-0.3, -0.25) is 0 Å². The van der Waals surface area contributed by atoms with E-state index in [-0.39, 0.29) is 5.69 Å². The number of rotatable bonds is 8. The molecular formula is C20H19NO5S.